The molecule has 1 aromatic heterocycles. The van der Waals surface area contributed by atoms with E-state index in [1.165, 1.54) is 12.3 Å². The van der Waals surface area contributed by atoms with E-state index in [9.17, 15) is 13.2 Å². The van der Waals surface area contributed by atoms with Crippen LogP contribution in [0.1, 0.15) is 12.1 Å². The molecule has 1 N–H and O–H groups in total. The predicted molar refractivity (Wildman–Crippen MR) is 46.2 cm³/mol. The molecule has 0 aliphatic heterocycles. The van der Waals surface area contributed by atoms with Crippen molar-refractivity contribution in [2.24, 2.45) is 0 Å². The van der Waals surface area contributed by atoms with Gasteiger partial charge in [-0.25, -0.2) is 9.97 Å². The highest BCUT2D eigenvalue weighted by molar-refractivity contribution is 7.85. The summed E-state index contributed by atoms with van der Waals surface area (Å²) in [5.41, 5.74) is 0.403. The molecule has 1 aromatic rings. The summed E-state index contributed by atoms with van der Waals surface area (Å²) in [6.07, 6.45) is 2.50. The molecule has 14 heavy (non-hydrogen) atoms. The van der Waals surface area contributed by atoms with Crippen molar-refractivity contribution in [1.82, 2.24) is 9.97 Å². The van der Waals surface area contributed by atoms with E-state index in [1.807, 2.05) is 0 Å². The zero-order valence-electron chi connectivity index (χ0n) is 7.12. The van der Waals surface area contributed by atoms with Crippen LogP contribution >= 0.6 is 0 Å². The second-order valence-corrected chi connectivity index (χ2v) is 3.83. The Morgan fingerprint density at radius 2 is 2.21 bits per heavy atom. The molecule has 0 atom stereocenters. The maximum absolute atomic E-state index is 10.6. The summed E-state index contributed by atoms with van der Waals surface area (Å²) in [4.78, 5) is 17.0. The monoisotopic (exact) mass is 216 g/mol. The smallest absolute Gasteiger partial charge is 0.303 e. The average molecular weight is 216 g/mol. The molecule has 0 unspecified atom stereocenters. The molecule has 0 saturated heterocycles. The highest BCUT2D eigenvalue weighted by Crippen LogP contribution is 2.03. The van der Waals surface area contributed by atoms with Crippen molar-refractivity contribution in [2.75, 3.05) is 0 Å². The van der Waals surface area contributed by atoms with Crippen LogP contribution in [0.5, 0.6) is 0 Å². The molecule has 0 aliphatic rings. The van der Waals surface area contributed by atoms with E-state index in [1.54, 1.807) is 0 Å². The Kier molecular flexibility index (Phi) is 3.26. The van der Waals surface area contributed by atoms with Crippen molar-refractivity contribution in [3.8, 4) is 0 Å². The minimum Gasteiger partial charge on any atom is -0.303 e. The first-order chi connectivity index (χ1) is 6.54. The van der Waals surface area contributed by atoms with Gasteiger partial charge in [0.2, 0.25) is 0 Å². The Morgan fingerprint density at radius 3 is 2.79 bits per heavy atom. The number of aromatic nitrogens is 2. The maximum atomic E-state index is 10.6. The zero-order valence-corrected chi connectivity index (χ0v) is 7.94. The average Bonchev–Trinajstić information content (AvgIpc) is 2.14. The largest absolute Gasteiger partial charge is 0.330 e. The third kappa shape index (κ3) is 2.86. The molecular weight excluding hydrogens is 208 g/mol. The van der Waals surface area contributed by atoms with E-state index >= 15 is 0 Å². The van der Waals surface area contributed by atoms with Crippen LogP contribution in [-0.2, 0) is 21.3 Å². The third-order valence-corrected chi connectivity index (χ3v) is 2.10. The number of aryl methyl sites for hydroxylation is 1. The van der Waals surface area contributed by atoms with Crippen LogP contribution < -0.4 is 0 Å². The summed E-state index contributed by atoms with van der Waals surface area (Å²) >= 11 is 0. The van der Waals surface area contributed by atoms with Gasteiger partial charge in [0, 0.05) is 18.3 Å². The lowest BCUT2D eigenvalue weighted by Crippen LogP contribution is -2.06. The summed E-state index contributed by atoms with van der Waals surface area (Å²) < 4.78 is 29.9. The van der Waals surface area contributed by atoms with Gasteiger partial charge in [-0.05, 0) is 12.5 Å². The van der Waals surface area contributed by atoms with E-state index in [0.717, 1.165) is 0 Å². The summed E-state index contributed by atoms with van der Waals surface area (Å²) in [6, 6.07) is 1.48. The van der Waals surface area contributed by atoms with Gasteiger partial charge in [-0.2, -0.15) is 8.42 Å². The van der Waals surface area contributed by atoms with Gasteiger partial charge >= 0.3 is 10.1 Å². The second kappa shape index (κ2) is 4.25. The van der Waals surface area contributed by atoms with Gasteiger partial charge in [-0.15, -0.1) is 0 Å². The minimum absolute atomic E-state index is 0.252. The normalized spacial score (nSPS) is 11.2. The van der Waals surface area contributed by atoms with Crippen molar-refractivity contribution in [2.45, 2.75) is 18.0 Å². The molecule has 1 heterocycles. The quantitative estimate of drug-likeness (QED) is 0.427. The lowest BCUT2D eigenvalue weighted by Gasteiger charge is -1.98. The number of carbonyl (C=O) groups is 1. The number of carbonyl (C=O) groups excluding carboxylic acids is 1. The van der Waals surface area contributed by atoms with Gasteiger partial charge in [0.05, 0.1) is 0 Å². The van der Waals surface area contributed by atoms with E-state index in [2.05, 4.69) is 9.97 Å². The van der Waals surface area contributed by atoms with E-state index in [-0.39, 0.29) is 6.42 Å². The van der Waals surface area contributed by atoms with Gasteiger partial charge in [-0.3, -0.25) is 4.55 Å². The maximum Gasteiger partial charge on any atom is 0.330 e. The molecule has 76 valence electrons. The van der Waals surface area contributed by atoms with Crippen molar-refractivity contribution < 1.29 is 17.8 Å². The first kappa shape index (κ1) is 10.7. The van der Waals surface area contributed by atoms with Crippen molar-refractivity contribution >= 4 is 16.4 Å². The molecule has 0 spiro atoms. The van der Waals surface area contributed by atoms with E-state index in [4.69, 9.17) is 4.55 Å². The molecule has 6 nitrogen and oxygen atoms in total. The first-order valence-electron chi connectivity index (χ1n) is 3.77. The van der Waals surface area contributed by atoms with E-state index < -0.39 is 15.3 Å². The number of aldehydes is 1. The Balaban J connectivity index is 2.95. The van der Waals surface area contributed by atoms with Gasteiger partial charge < -0.3 is 4.79 Å². The third-order valence-electron chi connectivity index (χ3n) is 1.44. The molecule has 0 aliphatic carbocycles. The summed E-state index contributed by atoms with van der Waals surface area (Å²) in [5, 5.41) is -0.638. The standard InChI is InChI=1S/C7H8N2O4S/c10-5-1-2-6-3-4-8-7(9-6)14(11,12)13/h3-5H,1-2H2,(H,11,12,13). The highest BCUT2D eigenvalue weighted by atomic mass is 32.2. The fourth-order valence-electron chi connectivity index (χ4n) is 0.846. The molecule has 0 radical (unpaired) electrons. The van der Waals surface area contributed by atoms with Crippen LogP contribution in [0.2, 0.25) is 0 Å². The Bertz CT molecular complexity index is 429. The molecule has 7 heteroatoms. The number of nitrogens with zero attached hydrogens (tertiary/aromatic N) is 2. The fraction of sp³-hybridized carbons (Fsp3) is 0.286. The lowest BCUT2D eigenvalue weighted by atomic mass is 10.2. The molecule has 0 fully saturated rings. The van der Waals surface area contributed by atoms with Gasteiger partial charge in [-0.1, -0.05) is 0 Å². The topological polar surface area (TPSA) is 97.2 Å². The molecule has 0 saturated carbocycles. The van der Waals surface area contributed by atoms with Gasteiger partial charge in [0.15, 0.2) is 0 Å². The van der Waals surface area contributed by atoms with E-state index in [0.29, 0.717) is 18.4 Å². The predicted octanol–water partition coefficient (Wildman–Crippen LogP) is -0.145. The molecule has 0 bridgehead atoms. The SMILES string of the molecule is O=CCCc1ccnc(S(=O)(=O)O)n1. The zero-order chi connectivity index (χ0) is 10.6. The summed E-state index contributed by atoms with van der Waals surface area (Å²) in [5.74, 6) is 0. The number of rotatable bonds is 4. The Labute approximate surface area is 80.8 Å². The van der Waals surface area contributed by atoms with Crippen LogP contribution in [0.4, 0.5) is 0 Å². The van der Waals surface area contributed by atoms with Crippen LogP contribution in [0, 0.1) is 0 Å². The van der Waals surface area contributed by atoms with Crippen molar-refractivity contribution in [3.63, 3.8) is 0 Å². The molecule has 0 aromatic carbocycles. The van der Waals surface area contributed by atoms with Crippen LogP contribution in [0.15, 0.2) is 17.4 Å². The fourth-order valence-corrected chi connectivity index (χ4v) is 1.27. The van der Waals surface area contributed by atoms with Gasteiger partial charge in [0.1, 0.15) is 6.29 Å². The van der Waals surface area contributed by atoms with Gasteiger partial charge in [0.25, 0.3) is 5.16 Å². The Morgan fingerprint density at radius 1 is 1.50 bits per heavy atom. The van der Waals surface area contributed by atoms with Crippen molar-refractivity contribution in [3.05, 3.63) is 18.0 Å². The van der Waals surface area contributed by atoms with Crippen molar-refractivity contribution in [1.29, 1.82) is 0 Å². The number of hydrogen-bond acceptors (Lipinski definition) is 5. The summed E-state index contributed by atoms with van der Waals surface area (Å²) in [6.45, 7) is 0. The first-order valence-corrected chi connectivity index (χ1v) is 5.21. The molecule has 0 amide bonds. The van der Waals surface area contributed by atoms with Crippen LogP contribution in [0.3, 0.4) is 0 Å². The second-order valence-electron chi connectivity index (χ2n) is 2.51. The summed E-state index contributed by atoms with van der Waals surface area (Å²) in [7, 11) is -4.36. The highest BCUT2D eigenvalue weighted by Gasteiger charge is 2.13. The minimum atomic E-state index is -4.36. The molecular formula is C7H8N2O4S. The van der Waals surface area contributed by atoms with Crippen LogP contribution in [0.25, 0.3) is 0 Å². The Hall–Kier alpha value is -1.34. The lowest BCUT2D eigenvalue weighted by molar-refractivity contribution is -0.107. The van der Waals surface area contributed by atoms with Crippen LogP contribution in [-0.4, -0.2) is 29.2 Å². The molecule has 1 rings (SSSR count). The number of hydrogen-bond donors (Lipinski definition) is 1.